The molecule has 7 nitrogen and oxygen atoms in total. The zero-order valence-corrected chi connectivity index (χ0v) is 15.6. The summed E-state index contributed by atoms with van der Waals surface area (Å²) in [4.78, 5) is 26.0. The van der Waals surface area contributed by atoms with Gasteiger partial charge in [0.25, 0.3) is 5.91 Å². The number of carbonyl (C=O) groups is 1. The molecule has 25 heavy (non-hydrogen) atoms. The molecular weight excluding hydrogens is 318 g/mol. The van der Waals surface area contributed by atoms with Crippen molar-refractivity contribution in [2.75, 3.05) is 38.7 Å². The fourth-order valence-corrected chi connectivity index (χ4v) is 3.63. The van der Waals surface area contributed by atoms with Crippen LogP contribution >= 0.6 is 0 Å². The van der Waals surface area contributed by atoms with Gasteiger partial charge in [-0.3, -0.25) is 4.79 Å². The maximum Gasteiger partial charge on any atom is 0.289 e. The number of aliphatic hydroxyl groups is 1. The van der Waals surface area contributed by atoms with Gasteiger partial charge in [-0.1, -0.05) is 0 Å². The van der Waals surface area contributed by atoms with Crippen LogP contribution in [0, 0.1) is 19.8 Å². The first kappa shape index (κ1) is 18.1. The summed E-state index contributed by atoms with van der Waals surface area (Å²) in [5.41, 5.74) is 1.89. The topological polar surface area (TPSA) is 81.6 Å². The molecule has 1 aliphatic carbocycles. The van der Waals surface area contributed by atoms with Crippen LogP contribution in [-0.2, 0) is 0 Å². The number of carbonyl (C=O) groups excluding carboxylic acids is 1. The third-order valence-corrected chi connectivity index (χ3v) is 5.59. The summed E-state index contributed by atoms with van der Waals surface area (Å²) in [6, 6.07) is 0.639. The molecule has 1 saturated heterocycles. The van der Waals surface area contributed by atoms with Crippen molar-refractivity contribution in [3.63, 3.8) is 0 Å². The highest BCUT2D eigenvalue weighted by atomic mass is 16.3. The average molecular weight is 347 g/mol. The molecule has 3 rings (SSSR count). The lowest BCUT2D eigenvalue weighted by Crippen LogP contribution is -2.45. The van der Waals surface area contributed by atoms with Gasteiger partial charge in [-0.25, -0.2) is 9.97 Å². The fraction of sp³-hybridized carbons (Fsp3) is 0.722. The normalized spacial score (nSPS) is 26.0. The predicted molar refractivity (Wildman–Crippen MR) is 96.9 cm³/mol. The molecule has 2 aliphatic rings. The Morgan fingerprint density at radius 3 is 2.64 bits per heavy atom. The largest absolute Gasteiger partial charge is 0.396 e. The molecule has 2 fully saturated rings. The van der Waals surface area contributed by atoms with Gasteiger partial charge in [0, 0.05) is 43.0 Å². The van der Waals surface area contributed by atoms with Crippen molar-refractivity contribution in [2.24, 2.45) is 5.92 Å². The van der Waals surface area contributed by atoms with E-state index in [0.717, 1.165) is 49.4 Å². The molecule has 0 spiro atoms. The van der Waals surface area contributed by atoms with Crippen molar-refractivity contribution >= 4 is 11.7 Å². The summed E-state index contributed by atoms with van der Waals surface area (Å²) < 4.78 is 0. The van der Waals surface area contributed by atoms with Crippen molar-refractivity contribution in [1.29, 1.82) is 0 Å². The molecular formula is C18H29N5O2. The average Bonchev–Trinajstić information content (AvgIpc) is 3.02. The van der Waals surface area contributed by atoms with Crippen molar-refractivity contribution < 1.29 is 9.90 Å². The van der Waals surface area contributed by atoms with Gasteiger partial charge >= 0.3 is 0 Å². The monoisotopic (exact) mass is 347 g/mol. The van der Waals surface area contributed by atoms with E-state index in [1.807, 2.05) is 13.8 Å². The minimum atomic E-state index is -0.214. The Labute approximate surface area is 149 Å². The van der Waals surface area contributed by atoms with E-state index in [2.05, 4.69) is 39.2 Å². The number of likely N-dealkylation sites (N-methyl/N-ethyl adjacent to an activating group) is 1. The maximum absolute atomic E-state index is 12.5. The Balaban J connectivity index is 1.73. The van der Waals surface area contributed by atoms with E-state index in [1.165, 1.54) is 0 Å². The van der Waals surface area contributed by atoms with E-state index in [-0.39, 0.29) is 24.4 Å². The van der Waals surface area contributed by atoms with Gasteiger partial charge in [0.15, 0.2) is 0 Å². The standard InChI is InChI=1S/C18H29N5O2/c1-11-12(2)19-16(18(25)20-14-7-13(8-14)10-24)21-17(11)23-6-5-15(9-23)22(3)4/h13-15,24H,5-10H2,1-4H3,(H,20,25)/t13?,14?,15-/m1/s1. The first-order chi connectivity index (χ1) is 11.9. The van der Waals surface area contributed by atoms with E-state index in [4.69, 9.17) is 5.11 Å². The van der Waals surface area contributed by atoms with Crippen LogP contribution in [-0.4, -0.2) is 71.8 Å². The van der Waals surface area contributed by atoms with E-state index < -0.39 is 0 Å². The molecule has 0 bridgehead atoms. The van der Waals surface area contributed by atoms with Crippen LogP contribution in [0.3, 0.4) is 0 Å². The number of nitrogens with zero attached hydrogens (tertiary/aromatic N) is 4. The van der Waals surface area contributed by atoms with E-state index >= 15 is 0 Å². The Hall–Kier alpha value is -1.73. The highest BCUT2D eigenvalue weighted by Gasteiger charge is 2.31. The quantitative estimate of drug-likeness (QED) is 0.817. The summed E-state index contributed by atoms with van der Waals surface area (Å²) in [7, 11) is 4.20. The highest BCUT2D eigenvalue weighted by molar-refractivity contribution is 5.91. The third-order valence-electron chi connectivity index (χ3n) is 5.59. The highest BCUT2D eigenvalue weighted by Crippen LogP contribution is 2.28. The van der Waals surface area contributed by atoms with Gasteiger partial charge in [-0.05, 0) is 53.1 Å². The van der Waals surface area contributed by atoms with Gasteiger partial charge in [0.05, 0.1) is 0 Å². The van der Waals surface area contributed by atoms with Crippen LogP contribution in [0.1, 0.15) is 41.1 Å². The lowest BCUT2D eigenvalue weighted by molar-refractivity contribution is 0.0822. The Morgan fingerprint density at radius 2 is 2.04 bits per heavy atom. The van der Waals surface area contributed by atoms with Gasteiger partial charge in [0.1, 0.15) is 5.82 Å². The van der Waals surface area contributed by atoms with Gasteiger partial charge < -0.3 is 20.2 Å². The lowest BCUT2D eigenvalue weighted by atomic mass is 9.81. The number of amides is 1. The minimum absolute atomic E-state index is 0.128. The first-order valence-electron chi connectivity index (χ1n) is 9.07. The minimum Gasteiger partial charge on any atom is -0.396 e. The summed E-state index contributed by atoms with van der Waals surface area (Å²) in [6.45, 7) is 6.02. The van der Waals surface area contributed by atoms with E-state index in [0.29, 0.717) is 12.0 Å². The third kappa shape index (κ3) is 3.77. The van der Waals surface area contributed by atoms with Crippen molar-refractivity contribution in [3.05, 3.63) is 17.1 Å². The van der Waals surface area contributed by atoms with Crippen LogP contribution in [0.15, 0.2) is 0 Å². The molecule has 2 N–H and O–H groups in total. The molecule has 1 aliphatic heterocycles. The Bertz CT molecular complexity index is 643. The number of aryl methyl sites for hydroxylation is 1. The molecule has 1 aromatic rings. The van der Waals surface area contributed by atoms with Crippen LogP contribution in [0.25, 0.3) is 0 Å². The number of nitrogens with one attached hydrogen (secondary N) is 1. The zero-order chi connectivity index (χ0) is 18.1. The molecule has 0 radical (unpaired) electrons. The maximum atomic E-state index is 12.5. The van der Waals surface area contributed by atoms with Gasteiger partial charge in [0.2, 0.25) is 5.82 Å². The number of hydrogen-bond donors (Lipinski definition) is 2. The SMILES string of the molecule is Cc1nc(C(=O)NC2CC(CO)C2)nc(N2CC[C@@H](N(C)C)C2)c1C. The van der Waals surface area contributed by atoms with Crippen LogP contribution in [0.2, 0.25) is 0 Å². The van der Waals surface area contributed by atoms with Gasteiger partial charge in [-0.2, -0.15) is 0 Å². The summed E-state index contributed by atoms with van der Waals surface area (Å²) in [5.74, 6) is 1.23. The smallest absolute Gasteiger partial charge is 0.289 e. The lowest BCUT2D eigenvalue weighted by Gasteiger charge is -2.34. The number of anilines is 1. The van der Waals surface area contributed by atoms with Crippen molar-refractivity contribution in [2.45, 2.75) is 45.2 Å². The molecule has 1 aromatic heterocycles. The summed E-state index contributed by atoms with van der Waals surface area (Å²) in [5, 5.41) is 12.1. The second-order valence-corrected chi connectivity index (χ2v) is 7.62. The summed E-state index contributed by atoms with van der Waals surface area (Å²) >= 11 is 0. The second kappa shape index (κ2) is 7.25. The van der Waals surface area contributed by atoms with Crippen molar-refractivity contribution in [3.8, 4) is 0 Å². The summed E-state index contributed by atoms with van der Waals surface area (Å²) in [6.07, 6.45) is 2.76. The first-order valence-corrected chi connectivity index (χ1v) is 9.07. The molecule has 0 unspecified atom stereocenters. The van der Waals surface area contributed by atoms with Crippen molar-refractivity contribution in [1.82, 2.24) is 20.2 Å². The fourth-order valence-electron chi connectivity index (χ4n) is 3.63. The van der Waals surface area contributed by atoms with Crippen LogP contribution < -0.4 is 10.2 Å². The molecule has 1 amide bonds. The molecule has 0 aromatic carbocycles. The number of aliphatic hydroxyl groups excluding tert-OH is 1. The number of hydrogen-bond acceptors (Lipinski definition) is 6. The van der Waals surface area contributed by atoms with Crippen LogP contribution in [0.4, 0.5) is 5.82 Å². The number of rotatable bonds is 5. The van der Waals surface area contributed by atoms with Crippen LogP contribution in [0.5, 0.6) is 0 Å². The molecule has 7 heteroatoms. The predicted octanol–water partition coefficient (Wildman–Crippen LogP) is 0.734. The van der Waals surface area contributed by atoms with Gasteiger partial charge in [-0.15, -0.1) is 0 Å². The van der Waals surface area contributed by atoms with E-state index in [9.17, 15) is 4.79 Å². The molecule has 138 valence electrons. The zero-order valence-electron chi connectivity index (χ0n) is 15.6. The number of aromatic nitrogens is 2. The Kier molecular flexibility index (Phi) is 5.24. The molecule has 1 atom stereocenters. The van der Waals surface area contributed by atoms with E-state index in [1.54, 1.807) is 0 Å². The Morgan fingerprint density at radius 1 is 1.32 bits per heavy atom. The second-order valence-electron chi connectivity index (χ2n) is 7.62. The molecule has 1 saturated carbocycles. The molecule has 2 heterocycles.